The Bertz CT molecular complexity index is 361. The van der Waals surface area contributed by atoms with Crippen molar-refractivity contribution in [3.05, 3.63) is 18.7 Å². The van der Waals surface area contributed by atoms with Crippen LogP contribution in [0.3, 0.4) is 0 Å². The Hall–Kier alpha value is -0.870. The van der Waals surface area contributed by atoms with Crippen molar-refractivity contribution in [2.75, 3.05) is 7.05 Å². The Morgan fingerprint density at radius 3 is 2.67 bits per heavy atom. The van der Waals surface area contributed by atoms with E-state index in [1.54, 1.807) is 0 Å². The van der Waals surface area contributed by atoms with Gasteiger partial charge in [0.05, 0.1) is 6.33 Å². The summed E-state index contributed by atoms with van der Waals surface area (Å²) in [5.74, 6) is 0. The molecule has 0 radical (unpaired) electrons. The van der Waals surface area contributed by atoms with Gasteiger partial charge in [-0.2, -0.15) is 0 Å². The summed E-state index contributed by atoms with van der Waals surface area (Å²) in [6.45, 7) is 3.29. The highest BCUT2D eigenvalue weighted by Crippen LogP contribution is 2.34. The number of piperidine rings is 1. The van der Waals surface area contributed by atoms with Gasteiger partial charge in [0.2, 0.25) is 0 Å². The maximum atomic E-state index is 4.09. The van der Waals surface area contributed by atoms with E-state index in [4.69, 9.17) is 0 Å². The minimum atomic E-state index is 0.520. The van der Waals surface area contributed by atoms with Gasteiger partial charge in [0.15, 0.2) is 0 Å². The lowest BCUT2D eigenvalue weighted by Crippen LogP contribution is -2.50. The van der Waals surface area contributed by atoms with Crippen LogP contribution in [0, 0.1) is 0 Å². The summed E-state index contributed by atoms with van der Waals surface area (Å²) in [5, 5.41) is 3.80. The standard InChI is InChI=1S/C14H24N4/c1-11(9-18-6-5-15-10-18)16-12-7-13-3-4-14(8-12)17(13)2/h5-6,10-14,16H,3-4,7-9H2,1-2H3. The van der Waals surface area contributed by atoms with Crippen molar-refractivity contribution in [2.45, 2.75) is 63.3 Å². The third kappa shape index (κ3) is 2.45. The molecule has 0 spiro atoms. The van der Waals surface area contributed by atoms with E-state index in [1.165, 1.54) is 25.7 Å². The minimum absolute atomic E-state index is 0.520. The number of fused-ring (bicyclic) bond motifs is 2. The second-order valence-electron chi connectivity index (χ2n) is 6.05. The molecule has 4 nitrogen and oxygen atoms in total. The van der Waals surface area contributed by atoms with Gasteiger partial charge in [-0.25, -0.2) is 4.98 Å². The molecule has 100 valence electrons. The zero-order valence-corrected chi connectivity index (χ0v) is 11.4. The molecule has 4 heteroatoms. The number of imidazole rings is 1. The number of nitrogens with zero attached hydrogens (tertiary/aromatic N) is 3. The topological polar surface area (TPSA) is 33.1 Å². The molecule has 2 aliphatic heterocycles. The highest BCUT2D eigenvalue weighted by Gasteiger charge is 2.38. The van der Waals surface area contributed by atoms with Crippen molar-refractivity contribution in [1.82, 2.24) is 19.8 Å². The van der Waals surface area contributed by atoms with Crippen LogP contribution >= 0.6 is 0 Å². The molecule has 0 amide bonds. The molecule has 3 heterocycles. The lowest BCUT2D eigenvalue weighted by atomic mass is 9.97. The molecule has 1 aromatic heterocycles. The first-order valence-electron chi connectivity index (χ1n) is 7.16. The maximum absolute atomic E-state index is 4.09. The Balaban J connectivity index is 1.51. The lowest BCUT2D eigenvalue weighted by molar-refractivity contribution is 0.142. The molecule has 1 N–H and O–H groups in total. The van der Waals surface area contributed by atoms with E-state index in [9.17, 15) is 0 Å². The maximum Gasteiger partial charge on any atom is 0.0946 e. The molecule has 2 saturated heterocycles. The zero-order valence-electron chi connectivity index (χ0n) is 11.4. The molecule has 0 aromatic carbocycles. The second-order valence-corrected chi connectivity index (χ2v) is 6.05. The highest BCUT2D eigenvalue weighted by molar-refractivity contribution is 4.96. The van der Waals surface area contributed by atoms with Crippen LogP contribution in [0.15, 0.2) is 18.7 Å². The fourth-order valence-electron chi connectivity index (χ4n) is 3.71. The van der Waals surface area contributed by atoms with Gasteiger partial charge >= 0.3 is 0 Å². The molecule has 2 aliphatic rings. The van der Waals surface area contributed by atoms with Gasteiger partial charge in [-0.1, -0.05) is 0 Å². The second kappa shape index (κ2) is 5.02. The monoisotopic (exact) mass is 248 g/mol. The number of rotatable bonds is 4. The van der Waals surface area contributed by atoms with Crippen LogP contribution < -0.4 is 5.32 Å². The summed E-state index contributed by atoms with van der Waals surface area (Å²) in [6.07, 6.45) is 11.2. The number of aromatic nitrogens is 2. The van der Waals surface area contributed by atoms with Crippen molar-refractivity contribution in [3.8, 4) is 0 Å². The molecule has 18 heavy (non-hydrogen) atoms. The van der Waals surface area contributed by atoms with Crippen LogP contribution in [0.5, 0.6) is 0 Å². The normalized spacial score (nSPS) is 33.8. The summed E-state index contributed by atoms with van der Waals surface area (Å²) < 4.78 is 2.15. The van der Waals surface area contributed by atoms with Gasteiger partial charge in [-0.05, 0) is 39.7 Å². The van der Waals surface area contributed by atoms with Crippen LogP contribution in [0.2, 0.25) is 0 Å². The highest BCUT2D eigenvalue weighted by atomic mass is 15.2. The van der Waals surface area contributed by atoms with Crippen molar-refractivity contribution in [2.24, 2.45) is 0 Å². The number of nitrogens with one attached hydrogen (secondary N) is 1. The summed E-state index contributed by atoms with van der Waals surface area (Å²) in [6, 6.07) is 2.87. The molecule has 1 aromatic rings. The SMILES string of the molecule is CC(Cn1ccnc1)NC1CC2CCC(C1)N2C. The third-order valence-electron chi connectivity index (χ3n) is 4.66. The lowest BCUT2D eigenvalue weighted by Gasteiger charge is -2.38. The zero-order chi connectivity index (χ0) is 12.5. The van der Waals surface area contributed by atoms with E-state index in [1.807, 2.05) is 18.7 Å². The van der Waals surface area contributed by atoms with Crippen LogP contribution in [0.1, 0.15) is 32.6 Å². The minimum Gasteiger partial charge on any atom is -0.336 e. The Morgan fingerprint density at radius 1 is 1.33 bits per heavy atom. The van der Waals surface area contributed by atoms with E-state index in [0.717, 1.165) is 18.6 Å². The predicted molar refractivity (Wildman–Crippen MR) is 72.4 cm³/mol. The summed E-state index contributed by atoms with van der Waals surface area (Å²) >= 11 is 0. The smallest absolute Gasteiger partial charge is 0.0946 e. The molecule has 2 bridgehead atoms. The average Bonchev–Trinajstić information content (AvgIpc) is 2.87. The predicted octanol–water partition coefficient (Wildman–Crippen LogP) is 1.49. The average molecular weight is 248 g/mol. The molecular formula is C14H24N4. The molecule has 0 saturated carbocycles. The Kier molecular flexibility index (Phi) is 3.39. The first kappa shape index (κ1) is 12.2. The van der Waals surface area contributed by atoms with Crippen molar-refractivity contribution < 1.29 is 0 Å². The van der Waals surface area contributed by atoms with Gasteiger partial charge in [-0.3, -0.25) is 0 Å². The first-order valence-corrected chi connectivity index (χ1v) is 7.16. The van der Waals surface area contributed by atoms with Gasteiger partial charge in [0.25, 0.3) is 0 Å². The number of hydrogen-bond acceptors (Lipinski definition) is 3. The molecule has 0 aliphatic carbocycles. The van der Waals surface area contributed by atoms with Gasteiger partial charge < -0.3 is 14.8 Å². The van der Waals surface area contributed by atoms with Crippen molar-refractivity contribution >= 4 is 0 Å². The van der Waals surface area contributed by atoms with Gasteiger partial charge in [0, 0.05) is 43.1 Å². The summed E-state index contributed by atoms with van der Waals surface area (Å²) in [7, 11) is 2.30. The largest absolute Gasteiger partial charge is 0.336 e. The Labute approximate surface area is 109 Å². The summed E-state index contributed by atoms with van der Waals surface area (Å²) in [4.78, 5) is 6.69. The quantitative estimate of drug-likeness (QED) is 0.876. The number of hydrogen-bond donors (Lipinski definition) is 1. The Morgan fingerprint density at radius 2 is 2.06 bits per heavy atom. The van der Waals surface area contributed by atoms with Crippen LogP contribution in [0.4, 0.5) is 0 Å². The van der Waals surface area contributed by atoms with E-state index in [2.05, 4.69) is 33.7 Å². The van der Waals surface area contributed by atoms with Gasteiger partial charge in [-0.15, -0.1) is 0 Å². The third-order valence-corrected chi connectivity index (χ3v) is 4.66. The van der Waals surface area contributed by atoms with Crippen molar-refractivity contribution in [3.63, 3.8) is 0 Å². The van der Waals surface area contributed by atoms with Crippen LogP contribution in [-0.2, 0) is 6.54 Å². The van der Waals surface area contributed by atoms with E-state index in [0.29, 0.717) is 12.1 Å². The van der Waals surface area contributed by atoms with Gasteiger partial charge in [0.1, 0.15) is 0 Å². The van der Waals surface area contributed by atoms with E-state index >= 15 is 0 Å². The van der Waals surface area contributed by atoms with Crippen LogP contribution in [0.25, 0.3) is 0 Å². The first-order chi connectivity index (χ1) is 8.72. The van der Waals surface area contributed by atoms with Crippen molar-refractivity contribution in [1.29, 1.82) is 0 Å². The fraction of sp³-hybridized carbons (Fsp3) is 0.786. The fourth-order valence-corrected chi connectivity index (χ4v) is 3.71. The summed E-state index contributed by atoms with van der Waals surface area (Å²) in [5.41, 5.74) is 0. The molecule has 3 rings (SSSR count). The molecular weight excluding hydrogens is 224 g/mol. The van der Waals surface area contributed by atoms with Crippen LogP contribution in [-0.4, -0.2) is 45.7 Å². The van der Waals surface area contributed by atoms with E-state index in [-0.39, 0.29) is 0 Å². The molecule has 3 unspecified atom stereocenters. The molecule has 3 atom stereocenters. The van der Waals surface area contributed by atoms with E-state index < -0.39 is 0 Å². The molecule has 2 fully saturated rings.